The Bertz CT molecular complexity index is 324. The maximum Gasteiger partial charge on any atom is 0.537 e. The van der Waals surface area contributed by atoms with Gasteiger partial charge < -0.3 is 0 Å². The number of hydrogen-bond acceptors (Lipinski definition) is 3. The second-order valence-electron chi connectivity index (χ2n) is 2.99. The summed E-state index contributed by atoms with van der Waals surface area (Å²) in [5.74, 6) is 0. The molecule has 0 saturated carbocycles. The molecule has 0 rings (SSSR count). The molecule has 0 saturated heterocycles. The molecule has 0 aliphatic rings. The van der Waals surface area contributed by atoms with Gasteiger partial charge in [0.05, 0.1) is 0 Å². The molecule has 92 valence electrons. The van der Waals surface area contributed by atoms with Gasteiger partial charge in [-0.05, 0) is 13.8 Å². The smallest absolute Gasteiger partial charge is 0.198 e. The molecule has 0 aromatic rings. The van der Waals surface area contributed by atoms with Crippen molar-refractivity contribution in [1.82, 2.24) is 0 Å². The molecule has 0 heterocycles. The lowest BCUT2D eigenvalue weighted by Crippen LogP contribution is -2.48. The summed E-state index contributed by atoms with van der Waals surface area (Å²) in [5, 5.41) is 0. The van der Waals surface area contributed by atoms with Crippen molar-refractivity contribution in [2.45, 2.75) is 31.1 Å². The molecule has 0 unspecified atom stereocenters. The number of halogens is 6. The summed E-state index contributed by atoms with van der Waals surface area (Å²) < 4.78 is 90.9. The summed E-state index contributed by atoms with van der Waals surface area (Å²) in [4.78, 5) is 0. The first-order chi connectivity index (χ1) is 6.21. The molecule has 0 aliphatic carbocycles. The molecule has 0 aromatic carbocycles. The van der Waals surface area contributed by atoms with Crippen molar-refractivity contribution >= 4 is 10.1 Å². The van der Waals surface area contributed by atoms with Gasteiger partial charge in [0.1, 0.15) is 0 Å². The fraction of sp³-hybridized carbons (Fsp3) is 1.00. The van der Waals surface area contributed by atoms with Gasteiger partial charge in [0, 0.05) is 0 Å². The van der Waals surface area contributed by atoms with Crippen LogP contribution in [0, 0.1) is 0 Å². The molecule has 0 fully saturated rings. The third-order valence-electron chi connectivity index (χ3n) is 1.51. The Labute approximate surface area is 81.1 Å². The fourth-order valence-corrected chi connectivity index (χ4v) is 1.11. The predicted octanol–water partition coefficient (Wildman–Crippen LogP) is 2.19. The Morgan fingerprint density at radius 1 is 0.933 bits per heavy atom. The van der Waals surface area contributed by atoms with Gasteiger partial charge in [-0.2, -0.15) is 25.8 Å². The first-order valence-corrected chi connectivity index (χ1v) is 4.70. The van der Waals surface area contributed by atoms with E-state index in [9.17, 15) is 34.8 Å². The monoisotopic (exact) mass is 260 g/mol. The molecule has 0 N–H and O–H groups in total. The van der Waals surface area contributed by atoms with E-state index in [0.29, 0.717) is 0 Å². The average molecular weight is 260 g/mol. The van der Waals surface area contributed by atoms with Crippen LogP contribution >= 0.6 is 0 Å². The minimum atomic E-state index is -5.83. The summed E-state index contributed by atoms with van der Waals surface area (Å²) in [6.45, 7) is 0.155. The lowest BCUT2D eigenvalue weighted by molar-refractivity contribution is -0.274. The molecule has 0 spiro atoms. The summed E-state index contributed by atoms with van der Waals surface area (Å²) in [6, 6.07) is 0. The van der Waals surface area contributed by atoms with Gasteiger partial charge in [0.25, 0.3) is 10.1 Å². The van der Waals surface area contributed by atoms with Gasteiger partial charge in [-0.3, -0.25) is 0 Å². The zero-order valence-corrected chi connectivity index (χ0v) is 8.22. The first-order valence-electron chi connectivity index (χ1n) is 3.29. The third-order valence-corrected chi connectivity index (χ3v) is 3.40. The van der Waals surface area contributed by atoms with Crippen LogP contribution in [0.2, 0.25) is 0 Å². The van der Waals surface area contributed by atoms with Crippen molar-refractivity contribution in [3.8, 4) is 0 Å². The van der Waals surface area contributed by atoms with Crippen LogP contribution in [0.5, 0.6) is 0 Å². The number of rotatable bonds is 2. The van der Waals surface area contributed by atoms with E-state index in [0.717, 1.165) is 0 Å². The average Bonchev–Trinajstić information content (AvgIpc) is 1.77. The van der Waals surface area contributed by atoms with Gasteiger partial charge in [-0.25, -0.2) is 0 Å². The minimum Gasteiger partial charge on any atom is -0.198 e. The summed E-state index contributed by atoms with van der Waals surface area (Å²) >= 11 is 0. The molecular formula is C5H6F6O3S. The van der Waals surface area contributed by atoms with Crippen molar-refractivity contribution in [2.24, 2.45) is 0 Å². The lowest BCUT2D eigenvalue weighted by Gasteiger charge is -2.26. The Morgan fingerprint density at radius 3 is 1.47 bits per heavy atom. The lowest BCUT2D eigenvalue weighted by atomic mass is 10.2. The van der Waals surface area contributed by atoms with Gasteiger partial charge >= 0.3 is 12.5 Å². The molecule has 0 bridgehead atoms. The van der Waals surface area contributed by atoms with Crippen LogP contribution in [-0.4, -0.2) is 25.7 Å². The zero-order chi connectivity index (χ0) is 12.7. The van der Waals surface area contributed by atoms with Crippen LogP contribution in [0.3, 0.4) is 0 Å². The zero-order valence-electron chi connectivity index (χ0n) is 7.40. The molecule has 0 radical (unpaired) electrons. The van der Waals surface area contributed by atoms with E-state index in [1.54, 1.807) is 0 Å². The SMILES string of the molecule is CC(C)(C(F)(F)F)S(=O)(=O)OC(F)(F)F. The van der Waals surface area contributed by atoms with E-state index in [1.165, 1.54) is 0 Å². The van der Waals surface area contributed by atoms with E-state index >= 15 is 0 Å². The molecule has 10 heteroatoms. The molecule has 15 heavy (non-hydrogen) atoms. The van der Waals surface area contributed by atoms with Crippen LogP contribution in [0.1, 0.15) is 13.8 Å². The summed E-state index contributed by atoms with van der Waals surface area (Å²) in [6.07, 6.45) is -11.0. The number of alkyl halides is 6. The minimum absolute atomic E-state index is 0.0775. The molecule has 3 nitrogen and oxygen atoms in total. The molecule has 0 amide bonds. The maximum atomic E-state index is 12.1. The highest BCUT2D eigenvalue weighted by Crippen LogP contribution is 2.39. The van der Waals surface area contributed by atoms with Crippen molar-refractivity contribution in [3.05, 3.63) is 0 Å². The fourth-order valence-electron chi connectivity index (χ4n) is 0.370. The second-order valence-corrected chi connectivity index (χ2v) is 5.09. The Hall–Kier alpha value is -0.510. The number of hydrogen-bond donors (Lipinski definition) is 0. The van der Waals surface area contributed by atoms with Crippen molar-refractivity contribution < 1.29 is 38.9 Å². The molecule has 0 atom stereocenters. The standard InChI is InChI=1S/C5H6F6O3S/c1-3(2,4(6,7)8)15(12,13)14-5(9,10)11/h1-2H3. The van der Waals surface area contributed by atoms with E-state index in [1.807, 2.05) is 0 Å². The largest absolute Gasteiger partial charge is 0.537 e. The third kappa shape index (κ3) is 3.23. The quantitative estimate of drug-likeness (QED) is 0.564. The predicted molar refractivity (Wildman–Crippen MR) is 36.2 cm³/mol. The van der Waals surface area contributed by atoms with Crippen LogP contribution < -0.4 is 0 Å². The Balaban J connectivity index is 5.24. The molecular weight excluding hydrogens is 254 g/mol. The van der Waals surface area contributed by atoms with Crippen molar-refractivity contribution in [1.29, 1.82) is 0 Å². The van der Waals surface area contributed by atoms with Gasteiger partial charge in [0.15, 0.2) is 4.75 Å². The molecule has 0 aliphatic heterocycles. The van der Waals surface area contributed by atoms with E-state index < -0.39 is 27.4 Å². The van der Waals surface area contributed by atoms with Crippen molar-refractivity contribution in [2.75, 3.05) is 0 Å². The van der Waals surface area contributed by atoms with E-state index in [-0.39, 0.29) is 13.8 Å². The highest BCUT2D eigenvalue weighted by Gasteiger charge is 2.60. The molecule has 0 aromatic heterocycles. The Kier molecular flexibility index (Phi) is 3.39. The summed E-state index contributed by atoms with van der Waals surface area (Å²) in [7, 11) is -5.83. The van der Waals surface area contributed by atoms with Gasteiger partial charge in [-0.15, -0.1) is 13.2 Å². The first kappa shape index (κ1) is 14.5. The summed E-state index contributed by atoms with van der Waals surface area (Å²) in [5.41, 5.74) is 0. The van der Waals surface area contributed by atoms with E-state index in [4.69, 9.17) is 0 Å². The highest BCUT2D eigenvalue weighted by molar-refractivity contribution is 7.88. The van der Waals surface area contributed by atoms with Crippen LogP contribution in [-0.2, 0) is 14.3 Å². The topological polar surface area (TPSA) is 43.4 Å². The normalized spacial score (nSPS) is 15.5. The van der Waals surface area contributed by atoms with Crippen molar-refractivity contribution in [3.63, 3.8) is 0 Å². The highest BCUT2D eigenvalue weighted by atomic mass is 32.2. The van der Waals surface area contributed by atoms with Crippen LogP contribution in [0.15, 0.2) is 0 Å². The van der Waals surface area contributed by atoms with Gasteiger partial charge in [0.2, 0.25) is 0 Å². The van der Waals surface area contributed by atoms with Crippen LogP contribution in [0.25, 0.3) is 0 Å². The Morgan fingerprint density at radius 2 is 1.27 bits per heavy atom. The van der Waals surface area contributed by atoms with E-state index in [2.05, 4.69) is 4.18 Å². The second kappa shape index (κ2) is 3.51. The van der Waals surface area contributed by atoms with Gasteiger partial charge in [-0.1, -0.05) is 0 Å². The maximum absolute atomic E-state index is 12.1. The van der Waals surface area contributed by atoms with Crippen LogP contribution in [0.4, 0.5) is 26.3 Å².